The largest absolute Gasteiger partial charge is 0.481 e. The summed E-state index contributed by atoms with van der Waals surface area (Å²) in [6.45, 7) is 3.38. The van der Waals surface area contributed by atoms with Gasteiger partial charge in [0, 0.05) is 44.2 Å². The zero-order valence-corrected chi connectivity index (χ0v) is 37.6. The molecule has 350 valence electrons. The third kappa shape index (κ3) is 8.88. The first-order valence-electron chi connectivity index (χ1n) is 24.8. The van der Waals surface area contributed by atoms with E-state index in [0.717, 1.165) is 77.2 Å². The van der Waals surface area contributed by atoms with E-state index in [0.29, 0.717) is 50.0 Å². The first-order valence-corrected chi connectivity index (χ1v) is 24.8. The number of hydrogen-bond acceptors (Lipinski definition) is 12. The van der Waals surface area contributed by atoms with Crippen molar-refractivity contribution in [2.75, 3.05) is 34.0 Å². The van der Waals surface area contributed by atoms with Crippen LogP contribution >= 0.6 is 0 Å². The average molecular weight is 862 g/mol. The summed E-state index contributed by atoms with van der Waals surface area (Å²) in [5, 5.41) is 62.7. The molecule has 0 aromatic carbocycles. The molecule has 3 aliphatic heterocycles. The number of aliphatic hydroxyl groups excluding tert-OH is 4. The minimum Gasteiger partial charge on any atom is -0.481 e. The van der Waals surface area contributed by atoms with E-state index < -0.39 is 41.9 Å². The van der Waals surface area contributed by atoms with Gasteiger partial charge in [0.05, 0.1) is 61.9 Å². The molecule has 0 radical (unpaired) electrons. The molecule has 13 nitrogen and oxygen atoms in total. The van der Waals surface area contributed by atoms with Crippen LogP contribution in [0.1, 0.15) is 142 Å². The van der Waals surface area contributed by atoms with Crippen molar-refractivity contribution in [2.45, 2.75) is 209 Å². The molecular weight excluding hydrogens is 779 g/mol. The lowest BCUT2D eigenvalue weighted by molar-refractivity contribution is -0.235. The number of carbonyl (C=O) groups is 1. The zero-order chi connectivity index (χ0) is 43.1. The molecule has 0 aromatic rings. The molecular formula is C48H83N3O10. The van der Waals surface area contributed by atoms with Gasteiger partial charge in [-0.2, -0.15) is 0 Å². The van der Waals surface area contributed by atoms with Crippen LogP contribution in [0.25, 0.3) is 0 Å². The van der Waals surface area contributed by atoms with Crippen molar-refractivity contribution in [1.29, 1.82) is 0 Å². The van der Waals surface area contributed by atoms with Crippen LogP contribution in [0.3, 0.4) is 0 Å². The van der Waals surface area contributed by atoms with Crippen molar-refractivity contribution in [3.05, 3.63) is 0 Å². The molecule has 9 N–H and O–H groups in total. The number of nitrogens with two attached hydrogens (primary N) is 1. The van der Waals surface area contributed by atoms with Gasteiger partial charge in [0.1, 0.15) is 6.10 Å². The van der Waals surface area contributed by atoms with E-state index in [1.807, 2.05) is 0 Å². The van der Waals surface area contributed by atoms with Gasteiger partial charge in [0.2, 0.25) is 0 Å². The molecule has 5 saturated carbocycles. The van der Waals surface area contributed by atoms with Crippen LogP contribution in [0.15, 0.2) is 0 Å². The minimum absolute atomic E-state index is 0.0532. The number of hydrogen-bond donors (Lipinski definition) is 8. The number of fused-ring (bicyclic) bond motifs is 1. The normalized spacial score (nSPS) is 48.8. The summed E-state index contributed by atoms with van der Waals surface area (Å²) < 4.78 is 25.7. The van der Waals surface area contributed by atoms with E-state index in [2.05, 4.69) is 17.6 Å². The predicted octanol–water partition coefficient (Wildman–Crippen LogP) is 4.49. The lowest BCUT2D eigenvalue weighted by Gasteiger charge is -2.71. The molecule has 5 aliphatic carbocycles. The number of methoxy groups -OCH3 is 2. The SMILES string of the molecule is COC1CC(CCC2CC(O)C(CCO)C(C3CC(OC)C(O)C(OCC4NC(C)CC56CCCC5C5(CCCC5)CC(C5CCNC(N)C5)C46CC(=O)O)C3)O2)CCC1O. The third-order valence-electron chi connectivity index (χ3n) is 19.0. The van der Waals surface area contributed by atoms with Crippen molar-refractivity contribution in [1.82, 2.24) is 10.6 Å². The number of nitrogens with one attached hydrogen (secondary N) is 2. The Bertz CT molecular complexity index is 1450. The minimum atomic E-state index is -0.881. The summed E-state index contributed by atoms with van der Waals surface area (Å²) in [5.74, 6) is 0.356. The highest BCUT2D eigenvalue weighted by Crippen LogP contribution is 2.77. The van der Waals surface area contributed by atoms with Crippen LogP contribution in [-0.2, 0) is 23.7 Å². The third-order valence-corrected chi connectivity index (χ3v) is 19.0. The van der Waals surface area contributed by atoms with Crippen molar-refractivity contribution >= 4 is 5.97 Å². The quantitative estimate of drug-likeness (QED) is 0.121. The van der Waals surface area contributed by atoms with E-state index in [-0.39, 0.29) is 78.2 Å². The van der Waals surface area contributed by atoms with E-state index in [4.69, 9.17) is 24.7 Å². The van der Waals surface area contributed by atoms with Crippen LogP contribution in [0.5, 0.6) is 0 Å². The van der Waals surface area contributed by atoms with E-state index in [1.165, 1.54) is 32.1 Å². The second-order valence-electron chi connectivity index (χ2n) is 21.9. The summed E-state index contributed by atoms with van der Waals surface area (Å²) in [6, 6.07) is -0.0130. The number of carboxylic acid groups (broad SMARTS) is 1. The average Bonchev–Trinajstić information content (AvgIpc) is 3.90. The first kappa shape index (κ1) is 46.6. The topological polar surface area (TPSA) is 205 Å². The van der Waals surface area contributed by atoms with Gasteiger partial charge in [-0.1, -0.05) is 19.3 Å². The molecule has 8 rings (SSSR count). The number of ether oxygens (including phenoxy) is 4. The summed E-state index contributed by atoms with van der Waals surface area (Å²) in [7, 11) is 3.30. The summed E-state index contributed by atoms with van der Waals surface area (Å²) in [5.41, 5.74) is 6.29. The van der Waals surface area contributed by atoms with Crippen LogP contribution in [-0.4, -0.2) is 133 Å². The fraction of sp³-hybridized carbons (Fsp3) is 0.979. The smallest absolute Gasteiger partial charge is 0.304 e. The lowest BCUT2D eigenvalue weighted by Crippen LogP contribution is -2.73. The summed E-state index contributed by atoms with van der Waals surface area (Å²) in [4.78, 5) is 13.5. The second-order valence-corrected chi connectivity index (χ2v) is 21.9. The Morgan fingerprint density at radius 3 is 2.33 bits per heavy atom. The maximum atomic E-state index is 13.5. The Kier molecular flexibility index (Phi) is 14.9. The molecule has 8 aliphatic rings. The molecule has 19 atom stereocenters. The summed E-state index contributed by atoms with van der Waals surface area (Å²) in [6.07, 6.45) is 14.9. The number of rotatable bonds is 14. The van der Waals surface area contributed by atoms with Gasteiger partial charge in [-0.05, 0) is 163 Å². The van der Waals surface area contributed by atoms with Crippen molar-refractivity contribution < 1.29 is 49.3 Å². The Balaban J connectivity index is 1.06. The fourth-order valence-corrected chi connectivity index (χ4v) is 16.7. The molecule has 13 heteroatoms. The second kappa shape index (κ2) is 19.5. The molecule has 3 heterocycles. The maximum Gasteiger partial charge on any atom is 0.304 e. The highest BCUT2D eigenvalue weighted by atomic mass is 16.5. The Morgan fingerprint density at radius 2 is 1.61 bits per heavy atom. The predicted molar refractivity (Wildman–Crippen MR) is 230 cm³/mol. The monoisotopic (exact) mass is 862 g/mol. The lowest BCUT2D eigenvalue weighted by atomic mass is 9.35. The van der Waals surface area contributed by atoms with Gasteiger partial charge < -0.3 is 60.8 Å². The maximum absolute atomic E-state index is 13.5. The van der Waals surface area contributed by atoms with Gasteiger partial charge in [0.15, 0.2) is 0 Å². The van der Waals surface area contributed by atoms with Gasteiger partial charge >= 0.3 is 5.97 Å². The molecule has 8 fully saturated rings. The van der Waals surface area contributed by atoms with Crippen molar-refractivity contribution in [3.63, 3.8) is 0 Å². The number of piperidine rings is 2. The van der Waals surface area contributed by atoms with Gasteiger partial charge in [0.25, 0.3) is 0 Å². The Morgan fingerprint density at radius 1 is 0.836 bits per heavy atom. The van der Waals surface area contributed by atoms with Gasteiger partial charge in [-0.25, -0.2) is 0 Å². The van der Waals surface area contributed by atoms with E-state index >= 15 is 0 Å². The molecule has 0 bridgehead atoms. The van der Waals surface area contributed by atoms with Crippen molar-refractivity contribution in [3.8, 4) is 0 Å². The van der Waals surface area contributed by atoms with Crippen molar-refractivity contribution in [2.24, 2.45) is 57.5 Å². The van der Waals surface area contributed by atoms with Crippen LogP contribution in [0, 0.1) is 51.8 Å². The highest BCUT2D eigenvalue weighted by molar-refractivity contribution is 5.68. The Labute approximate surface area is 365 Å². The fourth-order valence-electron chi connectivity index (χ4n) is 16.7. The zero-order valence-electron chi connectivity index (χ0n) is 37.6. The number of aliphatic carboxylic acids is 1. The molecule has 2 spiro atoms. The first-order chi connectivity index (χ1) is 29.4. The van der Waals surface area contributed by atoms with Crippen LogP contribution in [0.2, 0.25) is 0 Å². The molecule has 3 saturated heterocycles. The number of aliphatic hydroxyl groups is 4. The Hall–Kier alpha value is -0.970. The van der Waals surface area contributed by atoms with Gasteiger partial charge in [-0.15, -0.1) is 0 Å². The van der Waals surface area contributed by atoms with Crippen LogP contribution in [0.4, 0.5) is 0 Å². The molecule has 61 heavy (non-hydrogen) atoms. The van der Waals surface area contributed by atoms with Crippen LogP contribution < -0.4 is 16.4 Å². The van der Waals surface area contributed by atoms with E-state index in [1.54, 1.807) is 14.2 Å². The van der Waals surface area contributed by atoms with Gasteiger partial charge in [-0.3, -0.25) is 4.79 Å². The highest BCUT2D eigenvalue weighted by Gasteiger charge is 2.73. The van der Waals surface area contributed by atoms with E-state index in [9.17, 15) is 30.3 Å². The molecule has 19 unspecified atom stereocenters. The number of carboxylic acids is 1. The molecule has 0 amide bonds. The standard InChI is InChI=1S/C48H83N3O10/c1-28-24-47-16-6-7-40(47)46(14-4-5-15-46)25-34(30-12-17-50-42(49)22-30)48(47,26-43(55)56)41(51-28)27-60-39-21-31(20-38(59-3)44(39)57)45-33(13-18-52)36(54)23-32(61-45)10-8-29-9-11-35(53)37(19-29)58-2/h28-42,44-45,50-54,57H,4-27,49H2,1-3H3,(H,55,56). The summed E-state index contributed by atoms with van der Waals surface area (Å²) >= 11 is 0. The molecule has 0 aromatic heterocycles.